The van der Waals surface area contributed by atoms with Crippen molar-refractivity contribution in [2.45, 2.75) is 18.3 Å². The average Bonchev–Trinajstić information content (AvgIpc) is 3.36. The molecule has 1 unspecified atom stereocenters. The molecule has 6 rings (SSSR count). The summed E-state index contributed by atoms with van der Waals surface area (Å²) in [6, 6.07) is 36.1. The van der Waals surface area contributed by atoms with Gasteiger partial charge in [0, 0.05) is 29.4 Å². The second-order valence-corrected chi connectivity index (χ2v) is 8.52. The van der Waals surface area contributed by atoms with E-state index in [2.05, 4.69) is 30.3 Å². The van der Waals surface area contributed by atoms with Crippen molar-refractivity contribution in [3.05, 3.63) is 137 Å². The van der Waals surface area contributed by atoms with Crippen LogP contribution in [-0.4, -0.2) is 5.97 Å². The molecule has 2 heterocycles. The number of para-hydroxylation sites is 2. The minimum absolute atomic E-state index is 0.291. The van der Waals surface area contributed by atoms with E-state index in [-0.39, 0.29) is 5.97 Å². The van der Waals surface area contributed by atoms with Gasteiger partial charge in [-0.05, 0) is 23.3 Å². The Hall–Kier alpha value is -4.11. The summed E-state index contributed by atoms with van der Waals surface area (Å²) in [6.45, 7) is 0. The van der Waals surface area contributed by atoms with Gasteiger partial charge in [0.05, 0.1) is 0 Å². The maximum absolute atomic E-state index is 13.8. The number of carbonyl (C=O) groups excluding carboxylic acids is 1. The molecule has 0 spiro atoms. The molecule has 1 aliphatic heterocycles. The molecule has 0 radical (unpaired) electrons. The van der Waals surface area contributed by atoms with Crippen LogP contribution in [0.2, 0.25) is 0 Å². The Morgan fingerprint density at radius 2 is 1.30 bits per heavy atom. The Morgan fingerprint density at radius 3 is 2.09 bits per heavy atom. The molecule has 4 aromatic carbocycles. The summed E-state index contributed by atoms with van der Waals surface area (Å²) in [5, 5.41) is 1.03. The molecule has 33 heavy (non-hydrogen) atoms. The summed E-state index contributed by atoms with van der Waals surface area (Å²) < 4.78 is 12.4. The van der Waals surface area contributed by atoms with Gasteiger partial charge in [0.2, 0.25) is 0 Å². The highest BCUT2D eigenvalue weighted by molar-refractivity contribution is 5.96. The first-order valence-corrected chi connectivity index (χ1v) is 11.2. The topological polar surface area (TPSA) is 39.4 Å². The van der Waals surface area contributed by atoms with Crippen molar-refractivity contribution < 1.29 is 13.9 Å². The van der Waals surface area contributed by atoms with E-state index < -0.39 is 5.41 Å². The Bertz CT molecular complexity index is 1450. The van der Waals surface area contributed by atoms with Crippen molar-refractivity contribution in [1.82, 2.24) is 0 Å². The molecule has 1 aromatic heterocycles. The fourth-order valence-electron chi connectivity index (χ4n) is 4.99. The van der Waals surface area contributed by atoms with Crippen molar-refractivity contribution >= 4 is 16.9 Å². The fraction of sp³-hybridized carbons (Fsp3) is 0.100. The van der Waals surface area contributed by atoms with Crippen LogP contribution in [0.5, 0.6) is 5.75 Å². The van der Waals surface area contributed by atoms with E-state index >= 15 is 0 Å². The van der Waals surface area contributed by atoms with E-state index in [4.69, 9.17) is 9.15 Å². The first-order valence-electron chi connectivity index (χ1n) is 11.2. The third-order valence-electron chi connectivity index (χ3n) is 6.52. The average molecular weight is 431 g/mol. The van der Waals surface area contributed by atoms with Crippen LogP contribution >= 0.6 is 0 Å². The summed E-state index contributed by atoms with van der Waals surface area (Å²) >= 11 is 0. The van der Waals surface area contributed by atoms with Crippen molar-refractivity contribution in [3.8, 4) is 5.75 Å². The lowest BCUT2D eigenvalue weighted by Crippen LogP contribution is -2.38. The number of ether oxygens (including phenoxy) is 1. The van der Waals surface area contributed by atoms with Crippen LogP contribution in [0.4, 0.5) is 0 Å². The number of esters is 1. The van der Waals surface area contributed by atoms with Gasteiger partial charge in [-0.2, -0.15) is 0 Å². The minimum atomic E-state index is -1.05. The Kier molecular flexibility index (Phi) is 4.62. The molecule has 0 fully saturated rings. The van der Waals surface area contributed by atoms with Crippen molar-refractivity contribution in [1.29, 1.82) is 0 Å². The Morgan fingerprint density at radius 1 is 0.667 bits per heavy atom. The van der Waals surface area contributed by atoms with E-state index in [1.54, 1.807) is 0 Å². The minimum Gasteiger partial charge on any atom is -0.459 e. The summed E-state index contributed by atoms with van der Waals surface area (Å²) in [4.78, 5) is 13.8. The maximum atomic E-state index is 13.8. The van der Waals surface area contributed by atoms with Gasteiger partial charge < -0.3 is 9.15 Å². The predicted molar refractivity (Wildman–Crippen MR) is 128 cm³/mol. The molecule has 5 aromatic rings. The third-order valence-corrected chi connectivity index (χ3v) is 6.52. The molecule has 0 bridgehead atoms. The Labute approximate surface area is 192 Å². The first-order chi connectivity index (χ1) is 16.3. The molecule has 0 saturated heterocycles. The van der Waals surface area contributed by atoms with Crippen LogP contribution in [0.25, 0.3) is 11.0 Å². The molecular weight excluding hydrogens is 408 g/mol. The number of carbonyl (C=O) groups is 1. The zero-order valence-electron chi connectivity index (χ0n) is 18.0. The van der Waals surface area contributed by atoms with Crippen LogP contribution in [-0.2, 0) is 23.1 Å². The number of furan rings is 1. The quantitative estimate of drug-likeness (QED) is 0.237. The van der Waals surface area contributed by atoms with Gasteiger partial charge in [-0.3, -0.25) is 4.79 Å². The summed E-state index contributed by atoms with van der Waals surface area (Å²) in [5.74, 6) is 0.983. The van der Waals surface area contributed by atoms with Crippen LogP contribution in [0.15, 0.2) is 114 Å². The van der Waals surface area contributed by atoms with Gasteiger partial charge in [0.1, 0.15) is 17.1 Å². The molecule has 1 atom stereocenters. The van der Waals surface area contributed by atoms with Crippen LogP contribution in [0, 0.1) is 0 Å². The van der Waals surface area contributed by atoms with E-state index in [0.29, 0.717) is 24.4 Å². The molecule has 0 saturated carbocycles. The molecule has 1 aliphatic rings. The first kappa shape index (κ1) is 19.6. The van der Waals surface area contributed by atoms with E-state index in [0.717, 1.165) is 27.7 Å². The standard InChI is InChI=1S/C30H22O3/c31-29-30(20-22-13-5-2-6-14-22,25-16-8-10-18-27(25)33-29)28-24(19-21-11-3-1-4-12-21)23-15-7-9-17-26(23)32-28/h1-18H,19-20H2. The van der Waals surface area contributed by atoms with Crippen LogP contribution in [0.1, 0.15) is 28.0 Å². The van der Waals surface area contributed by atoms with Gasteiger partial charge in [0.15, 0.2) is 5.41 Å². The second-order valence-electron chi connectivity index (χ2n) is 8.52. The summed E-state index contributed by atoms with van der Waals surface area (Å²) in [7, 11) is 0. The highest BCUT2D eigenvalue weighted by atomic mass is 16.5. The number of fused-ring (bicyclic) bond motifs is 2. The van der Waals surface area contributed by atoms with Crippen molar-refractivity contribution in [2.24, 2.45) is 0 Å². The van der Waals surface area contributed by atoms with Gasteiger partial charge in [0.25, 0.3) is 0 Å². The highest BCUT2D eigenvalue weighted by Gasteiger charge is 2.54. The lowest BCUT2D eigenvalue weighted by molar-refractivity contribution is -0.137. The van der Waals surface area contributed by atoms with Gasteiger partial charge in [-0.15, -0.1) is 0 Å². The lowest BCUT2D eigenvalue weighted by Gasteiger charge is -2.25. The van der Waals surface area contributed by atoms with Gasteiger partial charge in [-0.25, -0.2) is 0 Å². The highest BCUT2D eigenvalue weighted by Crippen LogP contribution is 2.49. The predicted octanol–water partition coefficient (Wildman–Crippen LogP) is 6.47. The van der Waals surface area contributed by atoms with E-state index in [9.17, 15) is 4.79 Å². The second kappa shape index (κ2) is 7.79. The molecule has 0 aliphatic carbocycles. The van der Waals surface area contributed by atoms with Crippen molar-refractivity contribution in [3.63, 3.8) is 0 Å². The molecule has 3 nitrogen and oxygen atoms in total. The number of hydrogen-bond donors (Lipinski definition) is 0. The molecular formula is C30H22O3. The lowest BCUT2D eigenvalue weighted by atomic mass is 9.72. The maximum Gasteiger partial charge on any atom is 0.330 e. The van der Waals surface area contributed by atoms with E-state index in [1.165, 1.54) is 5.56 Å². The van der Waals surface area contributed by atoms with Crippen LogP contribution < -0.4 is 4.74 Å². The monoisotopic (exact) mass is 430 g/mol. The smallest absolute Gasteiger partial charge is 0.330 e. The zero-order chi connectivity index (χ0) is 22.3. The number of hydrogen-bond acceptors (Lipinski definition) is 3. The van der Waals surface area contributed by atoms with Crippen molar-refractivity contribution in [2.75, 3.05) is 0 Å². The van der Waals surface area contributed by atoms with Gasteiger partial charge in [-0.1, -0.05) is 97.1 Å². The molecule has 3 heteroatoms. The third kappa shape index (κ3) is 3.16. The normalized spacial score (nSPS) is 17.2. The largest absolute Gasteiger partial charge is 0.459 e. The summed E-state index contributed by atoms with van der Waals surface area (Å²) in [5.41, 5.74) is 3.83. The summed E-state index contributed by atoms with van der Waals surface area (Å²) in [6.07, 6.45) is 1.13. The zero-order valence-corrected chi connectivity index (χ0v) is 18.0. The number of benzene rings is 4. The van der Waals surface area contributed by atoms with Crippen LogP contribution in [0.3, 0.4) is 0 Å². The Balaban J connectivity index is 1.64. The van der Waals surface area contributed by atoms with Gasteiger partial charge >= 0.3 is 5.97 Å². The molecule has 0 N–H and O–H groups in total. The SMILES string of the molecule is O=C1Oc2ccccc2C1(Cc1ccccc1)c1oc2ccccc2c1Cc1ccccc1. The fourth-order valence-corrected chi connectivity index (χ4v) is 4.99. The number of rotatable bonds is 5. The van der Waals surface area contributed by atoms with E-state index in [1.807, 2.05) is 78.9 Å². The molecule has 160 valence electrons. The molecule has 0 amide bonds.